The fourth-order valence-electron chi connectivity index (χ4n) is 1.72. The zero-order chi connectivity index (χ0) is 13.8. The first kappa shape index (κ1) is 12.4. The van der Waals surface area contributed by atoms with Gasteiger partial charge in [-0.3, -0.25) is 4.79 Å². The predicted octanol–water partition coefficient (Wildman–Crippen LogP) is 2.62. The van der Waals surface area contributed by atoms with E-state index in [0.29, 0.717) is 5.56 Å². The molecule has 0 aliphatic carbocycles. The van der Waals surface area contributed by atoms with Crippen LogP contribution in [0.2, 0.25) is 0 Å². The lowest BCUT2D eigenvalue weighted by Gasteiger charge is -2.01. The standard InChI is InChI=1S/C14H10N4OS/c19-14(7-6-13-5-2-8-20-13)11-3-1-4-12(9-11)18-10-15-16-17-18/h1-10H/b7-6+. The molecule has 20 heavy (non-hydrogen) atoms. The lowest BCUT2D eigenvalue weighted by molar-refractivity contribution is 0.104. The molecule has 0 fully saturated rings. The molecule has 0 atom stereocenters. The van der Waals surface area contributed by atoms with Gasteiger partial charge in [0.1, 0.15) is 6.33 Å². The zero-order valence-electron chi connectivity index (χ0n) is 10.4. The summed E-state index contributed by atoms with van der Waals surface area (Å²) in [6, 6.07) is 11.1. The molecule has 0 radical (unpaired) electrons. The summed E-state index contributed by atoms with van der Waals surface area (Å²) in [7, 11) is 0. The number of benzene rings is 1. The number of rotatable bonds is 4. The SMILES string of the molecule is O=C(/C=C/c1cccs1)c1cccc(-n2cnnn2)c1. The number of aromatic nitrogens is 4. The van der Waals surface area contributed by atoms with Crippen molar-refractivity contribution < 1.29 is 4.79 Å². The maximum atomic E-state index is 12.1. The number of carbonyl (C=O) groups is 1. The van der Waals surface area contributed by atoms with Crippen LogP contribution in [0.4, 0.5) is 0 Å². The summed E-state index contributed by atoms with van der Waals surface area (Å²) in [6.07, 6.45) is 4.88. The molecule has 0 unspecified atom stereocenters. The van der Waals surface area contributed by atoms with E-state index in [4.69, 9.17) is 0 Å². The average molecular weight is 282 g/mol. The van der Waals surface area contributed by atoms with Crippen molar-refractivity contribution in [1.29, 1.82) is 0 Å². The zero-order valence-corrected chi connectivity index (χ0v) is 11.2. The van der Waals surface area contributed by atoms with E-state index < -0.39 is 0 Å². The molecular formula is C14H10N4OS. The first-order valence-corrected chi connectivity index (χ1v) is 6.80. The van der Waals surface area contributed by atoms with Crippen LogP contribution in [-0.2, 0) is 0 Å². The molecule has 1 aromatic carbocycles. The van der Waals surface area contributed by atoms with Gasteiger partial charge in [-0.1, -0.05) is 18.2 Å². The summed E-state index contributed by atoms with van der Waals surface area (Å²) < 4.78 is 1.51. The first-order valence-electron chi connectivity index (χ1n) is 5.92. The van der Waals surface area contributed by atoms with Gasteiger partial charge in [-0.15, -0.1) is 16.4 Å². The molecule has 0 aliphatic rings. The third kappa shape index (κ3) is 2.70. The van der Waals surface area contributed by atoms with Gasteiger partial charge in [0.2, 0.25) is 0 Å². The van der Waals surface area contributed by atoms with Gasteiger partial charge in [-0.25, -0.2) is 4.68 Å². The van der Waals surface area contributed by atoms with Crippen LogP contribution >= 0.6 is 11.3 Å². The lowest BCUT2D eigenvalue weighted by atomic mass is 10.1. The van der Waals surface area contributed by atoms with Gasteiger partial charge in [0.15, 0.2) is 5.78 Å². The predicted molar refractivity (Wildman–Crippen MR) is 76.8 cm³/mol. The van der Waals surface area contributed by atoms with Crippen molar-refractivity contribution in [3.63, 3.8) is 0 Å². The Morgan fingerprint density at radius 2 is 2.20 bits per heavy atom. The molecule has 3 aromatic rings. The van der Waals surface area contributed by atoms with Crippen molar-refractivity contribution in [2.75, 3.05) is 0 Å². The van der Waals surface area contributed by atoms with E-state index in [-0.39, 0.29) is 5.78 Å². The maximum Gasteiger partial charge on any atom is 0.185 e. The van der Waals surface area contributed by atoms with Gasteiger partial charge in [0, 0.05) is 10.4 Å². The van der Waals surface area contributed by atoms with E-state index in [0.717, 1.165) is 10.6 Å². The second-order valence-electron chi connectivity index (χ2n) is 4.02. The molecule has 0 aliphatic heterocycles. The Morgan fingerprint density at radius 1 is 1.25 bits per heavy atom. The Balaban J connectivity index is 1.83. The fraction of sp³-hybridized carbons (Fsp3) is 0. The summed E-state index contributed by atoms with van der Waals surface area (Å²) in [4.78, 5) is 13.2. The number of carbonyl (C=O) groups excluding carboxylic acids is 1. The van der Waals surface area contributed by atoms with Crippen molar-refractivity contribution in [2.24, 2.45) is 0 Å². The fourth-order valence-corrected chi connectivity index (χ4v) is 2.34. The van der Waals surface area contributed by atoms with E-state index in [9.17, 15) is 4.79 Å². The number of hydrogen-bond acceptors (Lipinski definition) is 5. The van der Waals surface area contributed by atoms with Crippen molar-refractivity contribution in [3.05, 3.63) is 64.6 Å². The van der Waals surface area contributed by atoms with Crippen LogP contribution in [-0.4, -0.2) is 26.0 Å². The molecule has 5 nitrogen and oxygen atoms in total. The number of nitrogens with zero attached hydrogens (tertiary/aromatic N) is 4. The maximum absolute atomic E-state index is 12.1. The lowest BCUT2D eigenvalue weighted by Crippen LogP contribution is -1.99. The van der Waals surface area contributed by atoms with Gasteiger partial charge in [-0.05, 0) is 46.2 Å². The number of ketones is 1. The Morgan fingerprint density at radius 3 is 2.95 bits per heavy atom. The second kappa shape index (κ2) is 5.58. The molecule has 6 heteroatoms. The molecule has 98 valence electrons. The number of allylic oxidation sites excluding steroid dienone is 1. The summed E-state index contributed by atoms with van der Waals surface area (Å²) >= 11 is 1.59. The van der Waals surface area contributed by atoms with Crippen LogP contribution in [0.5, 0.6) is 0 Å². The van der Waals surface area contributed by atoms with E-state index in [1.165, 1.54) is 11.0 Å². The molecule has 2 heterocycles. The van der Waals surface area contributed by atoms with Crippen molar-refractivity contribution >= 4 is 23.2 Å². The van der Waals surface area contributed by atoms with Crippen molar-refractivity contribution in [2.45, 2.75) is 0 Å². The monoisotopic (exact) mass is 282 g/mol. The normalized spacial score (nSPS) is 11.0. The Labute approximate surface area is 119 Å². The first-order chi connectivity index (χ1) is 9.83. The molecule has 0 spiro atoms. The van der Waals surface area contributed by atoms with Crippen LogP contribution in [0, 0.1) is 0 Å². The van der Waals surface area contributed by atoms with Gasteiger partial charge in [0.05, 0.1) is 5.69 Å². The average Bonchev–Trinajstić information content (AvgIpc) is 3.18. The Bertz CT molecular complexity index is 732. The van der Waals surface area contributed by atoms with Crippen LogP contribution < -0.4 is 0 Å². The third-order valence-corrected chi connectivity index (χ3v) is 3.52. The van der Waals surface area contributed by atoms with E-state index in [1.807, 2.05) is 35.7 Å². The van der Waals surface area contributed by atoms with Crippen molar-refractivity contribution in [3.8, 4) is 5.69 Å². The summed E-state index contributed by atoms with van der Waals surface area (Å²) in [5, 5.41) is 12.9. The summed E-state index contributed by atoms with van der Waals surface area (Å²) in [6.45, 7) is 0. The highest BCUT2D eigenvalue weighted by Gasteiger charge is 2.05. The summed E-state index contributed by atoms with van der Waals surface area (Å²) in [5.74, 6) is -0.0478. The highest BCUT2D eigenvalue weighted by atomic mass is 32.1. The molecule has 0 N–H and O–H groups in total. The minimum atomic E-state index is -0.0478. The molecular weight excluding hydrogens is 272 g/mol. The van der Waals surface area contributed by atoms with Crippen LogP contribution in [0.3, 0.4) is 0 Å². The van der Waals surface area contributed by atoms with Gasteiger partial charge >= 0.3 is 0 Å². The van der Waals surface area contributed by atoms with E-state index in [1.54, 1.807) is 29.5 Å². The quantitative estimate of drug-likeness (QED) is 0.545. The molecule has 2 aromatic heterocycles. The molecule has 0 saturated heterocycles. The Hall–Kier alpha value is -2.60. The highest BCUT2D eigenvalue weighted by Crippen LogP contribution is 2.13. The van der Waals surface area contributed by atoms with Gasteiger partial charge in [0.25, 0.3) is 0 Å². The molecule has 3 rings (SSSR count). The largest absolute Gasteiger partial charge is 0.289 e. The van der Waals surface area contributed by atoms with E-state index in [2.05, 4.69) is 15.5 Å². The summed E-state index contributed by atoms with van der Waals surface area (Å²) in [5.41, 5.74) is 1.36. The number of hydrogen-bond donors (Lipinski definition) is 0. The Kier molecular flexibility index (Phi) is 3.47. The van der Waals surface area contributed by atoms with E-state index >= 15 is 0 Å². The van der Waals surface area contributed by atoms with Gasteiger partial charge in [-0.2, -0.15) is 0 Å². The highest BCUT2D eigenvalue weighted by molar-refractivity contribution is 7.10. The number of thiophene rings is 1. The number of tetrazole rings is 1. The minimum absolute atomic E-state index is 0.0478. The molecule has 0 amide bonds. The third-order valence-electron chi connectivity index (χ3n) is 2.69. The van der Waals surface area contributed by atoms with Crippen molar-refractivity contribution in [1.82, 2.24) is 20.2 Å². The van der Waals surface area contributed by atoms with Gasteiger partial charge < -0.3 is 0 Å². The second-order valence-corrected chi connectivity index (χ2v) is 5.00. The minimum Gasteiger partial charge on any atom is -0.289 e. The molecule has 0 saturated carbocycles. The van der Waals surface area contributed by atoms with Crippen LogP contribution in [0.15, 0.2) is 54.2 Å². The van der Waals surface area contributed by atoms with Crippen LogP contribution in [0.1, 0.15) is 15.2 Å². The topological polar surface area (TPSA) is 60.7 Å². The van der Waals surface area contributed by atoms with Crippen LogP contribution in [0.25, 0.3) is 11.8 Å². The molecule has 0 bridgehead atoms. The smallest absolute Gasteiger partial charge is 0.185 e.